The van der Waals surface area contributed by atoms with Gasteiger partial charge in [-0.05, 0) is 13.8 Å². The summed E-state index contributed by atoms with van der Waals surface area (Å²) in [7, 11) is 0. The van der Waals surface area contributed by atoms with Gasteiger partial charge >= 0.3 is 6.04 Å². The zero-order chi connectivity index (χ0) is 8.04. The van der Waals surface area contributed by atoms with Crippen molar-refractivity contribution in [1.29, 1.82) is 0 Å². The molecule has 0 saturated carbocycles. The first-order valence-electron chi connectivity index (χ1n) is 3.26. The van der Waals surface area contributed by atoms with Crippen molar-refractivity contribution in [2.45, 2.75) is 19.9 Å². The Bertz CT molecular complexity index is 81.1. The van der Waals surface area contributed by atoms with Gasteiger partial charge in [-0.15, -0.1) is 0 Å². The minimum atomic E-state index is -2.30. The van der Waals surface area contributed by atoms with Crippen molar-refractivity contribution in [1.82, 2.24) is 0 Å². The van der Waals surface area contributed by atoms with E-state index in [1.54, 1.807) is 13.8 Å². The van der Waals surface area contributed by atoms with Crippen molar-refractivity contribution in [2.24, 2.45) is 0 Å². The van der Waals surface area contributed by atoms with Crippen LogP contribution in [-0.4, -0.2) is 31.0 Å². The van der Waals surface area contributed by atoms with Gasteiger partial charge in [-0.25, -0.2) is 0 Å². The molecule has 62 valence electrons. The van der Waals surface area contributed by atoms with Gasteiger partial charge in [-0.3, -0.25) is 0 Å². The van der Waals surface area contributed by atoms with Gasteiger partial charge in [0.05, 0.1) is 0 Å². The normalized spacial score (nSPS) is 12.0. The highest BCUT2D eigenvalue weighted by Crippen LogP contribution is 2.13. The molecule has 0 spiro atoms. The van der Waals surface area contributed by atoms with Crippen molar-refractivity contribution in [2.75, 3.05) is 19.8 Å². The highest BCUT2D eigenvalue weighted by Gasteiger charge is 2.29. The Morgan fingerprint density at radius 1 is 1.30 bits per heavy atom. The summed E-state index contributed by atoms with van der Waals surface area (Å²) in [6.07, 6.45) is 0. The fourth-order valence-electron chi connectivity index (χ4n) is 0.564. The van der Waals surface area contributed by atoms with Crippen LogP contribution in [0.5, 0.6) is 0 Å². The van der Waals surface area contributed by atoms with E-state index in [-0.39, 0.29) is 13.2 Å². The summed E-state index contributed by atoms with van der Waals surface area (Å²) in [5, 5.41) is 8.42. The molecule has 0 aromatic carbocycles. The smallest absolute Gasteiger partial charge is 0.344 e. The Hall–Kier alpha value is -0.190. The topological polar surface area (TPSA) is 38.7 Å². The number of halogens is 1. The van der Waals surface area contributed by atoms with E-state index in [1.165, 1.54) is 0 Å². The van der Waals surface area contributed by atoms with Gasteiger partial charge in [-0.2, -0.15) is 4.39 Å². The minimum Gasteiger partial charge on any atom is -0.388 e. The second kappa shape index (κ2) is 4.60. The number of rotatable bonds is 5. The van der Waals surface area contributed by atoms with E-state index in [2.05, 4.69) is 9.47 Å². The van der Waals surface area contributed by atoms with E-state index in [1.807, 2.05) is 0 Å². The monoisotopic (exact) mass is 152 g/mol. The summed E-state index contributed by atoms with van der Waals surface area (Å²) in [4.78, 5) is 0. The first-order chi connectivity index (χ1) is 4.68. The Kier molecular flexibility index (Phi) is 4.51. The molecule has 0 aliphatic rings. The molecule has 0 fully saturated rings. The molecule has 0 aromatic rings. The average molecular weight is 152 g/mol. The molecule has 0 unspecified atom stereocenters. The Labute approximate surface area is 59.8 Å². The lowest BCUT2D eigenvalue weighted by Gasteiger charge is -2.21. The van der Waals surface area contributed by atoms with Gasteiger partial charge in [0.1, 0.15) is 6.61 Å². The highest BCUT2D eigenvalue weighted by molar-refractivity contribution is 4.49. The van der Waals surface area contributed by atoms with E-state index < -0.39 is 12.6 Å². The Morgan fingerprint density at radius 2 is 1.70 bits per heavy atom. The first-order valence-corrected chi connectivity index (χ1v) is 3.26. The lowest BCUT2D eigenvalue weighted by atomic mass is 10.6. The molecule has 0 aliphatic carbocycles. The predicted molar refractivity (Wildman–Crippen MR) is 34.2 cm³/mol. The number of aliphatic hydroxyl groups is 1. The summed E-state index contributed by atoms with van der Waals surface area (Å²) in [5.74, 6) is 0. The SMILES string of the molecule is CCOC(F)(CO)OCC. The minimum absolute atomic E-state index is 0.178. The molecule has 0 aliphatic heterocycles. The molecule has 0 atom stereocenters. The molecule has 0 saturated heterocycles. The summed E-state index contributed by atoms with van der Waals surface area (Å²) in [5.41, 5.74) is 0. The van der Waals surface area contributed by atoms with Crippen LogP contribution in [0.3, 0.4) is 0 Å². The zero-order valence-electron chi connectivity index (χ0n) is 6.26. The molecule has 10 heavy (non-hydrogen) atoms. The van der Waals surface area contributed by atoms with Crippen LogP contribution in [0, 0.1) is 0 Å². The summed E-state index contributed by atoms with van der Waals surface area (Å²) >= 11 is 0. The predicted octanol–water partition coefficient (Wildman–Crippen LogP) is 0.675. The molecule has 0 bridgehead atoms. The van der Waals surface area contributed by atoms with Crippen LogP contribution in [-0.2, 0) is 9.47 Å². The molecule has 0 rings (SSSR count). The van der Waals surface area contributed by atoms with Crippen molar-refractivity contribution in [3.05, 3.63) is 0 Å². The van der Waals surface area contributed by atoms with Gasteiger partial charge in [-0.1, -0.05) is 0 Å². The standard InChI is InChI=1S/C6H13FO3/c1-3-9-6(7,5-8)10-4-2/h8H,3-5H2,1-2H3. The van der Waals surface area contributed by atoms with Gasteiger partial charge in [0, 0.05) is 13.2 Å². The van der Waals surface area contributed by atoms with Crippen molar-refractivity contribution in [3.63, 3.8) is 0 Å². The number of aliphatic hydroxyl groups excluding tert-OH is 1. The van der Waals surface area contributed by atoms with E-state index in [0.717, 1.165) is 0 Å². The summed E-state index contributed by atoms with van der Waals surface area (Å²) in [6, 6.07) is -2.30. The van der Waals surface area contributed by atoms with E-state index in [0.29, 0.717) is 0 Å². The maximum Gasteiger partial charge on any atom is 0.344 e. The van der Waals surface area contributed by atoms with Crippen LogP contribution in [0.2, 0.25) is 0 Å². The van der Waals surface area contributed by atoms with Gasteiger partial charge in [0.15, 0.2) is 0 Å². The molecular formula is C6H13FO3. The third kappa shape index (κ3) is 3.10. The van der Waals surface area contributed by atoms with Crippen LogP contribution in [0.15, 0.2) is 0 Å². The molecule has 3 nitrogen and oxygen atoms in total. The van der Waals surface area contributed by atoms with Crippen LogP contribution in [0.4, 0.5) is 4.39 Å². The Balaban J connectivity index is 3.69. The van der Waals surface area contributed by atoms with Crippen molar-refractivity contribution in [3.8, 4) is 0 Å². The third-order valence-corrected chi connectivity index (χ3v) is 0.909. The summed E-state index contributed by atoms with van der Waals surface area (Å²) < 4.78 is 21.8. The lowest BCUT2D eigenvalue weighted by molar-refractivity contribution is -0.327. The van der Waals surface area contributed by atoms with E-state index >= 15 is 0 Å². The number of hydrogen-bond donors (Lipinski definition) is 1. The molecular weight excluding hydrogens is 139 g/mol. The maximum absolute atomic E-state index is 12.8. The van der Waals surface area contributed by atoms with E-state index in [4.69, 9.17) is 5.11 Å². The highest BCUT2D eigenvalue weighted by atomic mass is 19.2. The van der Waals surface area contributed by atoms with Gasteiger partial charge in [0.25, 0.3) is 0 Å². The maximum atomic E-state index is 12.8. The quantitative estimate of drug-likeness (QED) is 0.588. The molecule has 0 aromatic heterocycles. The molecule has 0 radical (unpaired) electrons. The van der Waals surface area contributed by atoms with Crippen LogP contribution >= 0.6 is 0 Å². The van der Waals surface area contributed by atoms with Crippen molar-refractivity contribution < 1.29 is 19.0 Å². The third-order valence-electron chi connectivity index (χ3n) is 0.909. The second-order valence-corrected chi connectivity index (χ2v) is 1.68. The van der Waals surface area contributed by atoms with Crippen LogP contribution in [0.25, 0.3) is 0 Å². The fourth-order valence-corrected chi connectivity index (χ4v) is 0.564. The number of hydrogen-bond acceptors (Lipinski definition) is 3. The van der Waals surface area contributed by atoms with Gasteiger partial charge in [0.2, 0.25) is 0 Å². The second-order valence-electron chi connectivity index (χ2n) is 1.68. The zero-order valence-corrected chi connectivity index (χ0v) is 6.26. The summed E-state index contributed by atoms with van der Waals surface area (Å²) in [6.45, 7) is 2.84. The lowest BCUT2D eigenvalue weighted by Crippen LogP contribution is -2.34. The largest absolute Gasteiger partial charge is 0.388 e. The molecule has 0 heterocycles. The molecule has 4 heteroatoms. The molecule has 1 N–H and O–H groups in total. The average Bonchev–Trinajstić information content (AvgIpc) is 1.89. The Morgan fingerprint density at radius 3 is 1.90 bits per heavy atom. The van der Waals surface area contributed by atoms with Gasteiger partial charge < -0.3 is 14.6 Å². The van der Waals surface area contributed by atoms with Crippen LogP contribution < -0.4 is 0 Å². The number of ether oxygens (including phenoxy) is 2. The fraction of sp³-hybridized carbons (Fsp3) is 1.00. The number of alkyl halides is 1. The van der Waals surface area contributed by atoms with Crippen molar-refractivity contribution >= 4 is 0 Å². The first kappa shape index (κ1) is 9.81. The van der Waals surface area contributed by atoms with Crippen LogP contribution in [0.1, 0.15) is 13.8 Å². The van der Waals surface area contributed by atoms with E-state index in [9.17, 15) is 4.39 Å². The molecule has 0 amide bonds.